The highest BCUT2D eigenvalue weighted by Crippen LogP contribution is 2.12. The zero-order valence-electron chi connectivity index (χ0n) is 8.60. The molecule has 1 aromatic heterocycles. The molecule has 0 spiro atoms. The van der Waals surface area contributed by atoms with Gasteiger partial charge in [0.2, 0.25) is 5.91 Å². The van der Waals surface area contributed by atoms with Gasteiger partial charge in [-0.25, -0.2) is 9.78 Å². The second-order valence-corrected chi connectivity index (χ2v) is 3.08. The van der Waals surface area contributed by atoms with Crippen LogP contribution >= 0.6 is 0 Å². The molecule has 0 radical (unpaired) electrons. The first-order valence-corrected chi connectivity index (χ1v) is 4.56. The Labute approximate surface area is 86.9 Å². The molecule has 0 saturated heterocycles. The highest BCUT2D eigenvalue weighted by Gasteiger charge is 2.23. The summed E-state index contributed by atoms with van der Waals surface area (Å²) in [6, 6.07) is -1.04. The topological polar surface area (TPSA) is 84.2 Å². The summed E-state index contributed by atoms with van der Waals surface area (Å²) in [5.41, 5.74) is 0.472. The van der Waals surface area contributed by atoms with Gasteiger partial charge in [0.05, 0.1) is 18.2 Å². The zero-order chi connectivity index (χ0) is 11.4. The lowest BCUT2D eigenvalue weighted by atomic mass is 10.2. The fraction of sp³-hybridized carbons (Fsp3) is 0.444. The number of amides is 1. The van der Waals surface area contributed by atoms with Gasteiger partial charge < -0.3 is 15.0 Å². The molecular formula is C9H13N3O3. The number of hydrogen-bond donors (Lipinski definition) is 2. The minimum absolute atomic E-state index is 0.383. The van der Waals surface area contributed by atoms with Gasteiger partial charge in [0.1, 0.15) is 0 Å². The van der Waals surface area contributed by atoms with Crippen LogP contribution in [0.25, 0.3) is 0 Å². The molecule has 6 nitrogen and oxygen atoms in total. The number of aromatic nitrogens is 2. The summed E-state index contributed by atoms with van der Waals surface area (Å²) in [7, 11) is 0. The number of carboxylic acids is 1. The first-order chi connectivity index (χ1) is 7.06. The molecule has 1 amide bonds. The van der Waals surface area contributed by atoms with E-state index in [9.17, 15) is 9.59 Å². The summed E-state index contributed by atoms with van der Waals surface area (Å²) in [5.74, 6) is -1.48. The Bertz CT molecular complexity index is 372. The molecule has 1 atom stereocenters. The number of carbonyl (C=O) groups is 2. The van der Waals surface area contributed by atoms with Gasteiger partial charge >= 0.3 is 5.97 Å². The van der Waals surface area contributed by atoms with Crippen molar-refractivity contribution in [1.82, 2.24) is 14.9 Å². The Balaban J connectivity index is 2.98. The summed E-state index contributed by atoms with van der Waals surface area (Å²) in [4.78, 5) is 25.6. The summed E-state index contributed by atoms with van der Waals surface area (Å²) in [5, 5.41) is 11.3. The van der Waals surface area contributed by atoms with Crippen LogP contribution in [0.15, 0.2) is 12.5 Å². The van der Waals surface area contributed by atoms with Crippen molar-refractivity contribution in [3.05, 3.63) is 18.2 Å². The van der Waals surface area contributed by atoms with Crippen molar-refractivity contribution in [2.75, 3.05) is 0 Å². The van der Waals surface area contributed by atoms with Gasteiger partial charge in [0.15, 0.2) is 6.04 Å². The van der Waals surface area contributed by atoms with Crippen molar-refractivity contribution in [1.29, 1.82) is 0 Å². The van der Waals surface area contributed by atoms with Crippen molar-refractivity contribution in [3.8, 4) is 0 Å². The first kappa shape index (κ1) is 11.2. The Hall–Kier alpha value is -1.85. The number of aryl methyl sites for hydroxylation is 1. The number of aliphatic carboxylic acids is 1. The minimum atomic E-state index is -1.10. The molecule has 1 rings (SSSR count). The molecule has 2 N–H and O–H groups in total. The number of carbonyl (C=O) groups excluding carboxylic acids is 1. The Morgan fingerprint density at radius 2 is 2.33 bits per heavy atom. The van der Waals surface area contributed by atoms with Crippen LogP contribution in [-0.4, -0.2) is 26.5 Å². The minimum Gasteiger partial charge on any atom is -0.479 e. The lowest BCUT2D eigenvalue weighted by molar-refractivity contribution is -0.141. The van der Waals surface area contributed by atoms with Crippen molar-refractivity contribution in [3.63, 3.8) is 0 Å². The molecule has 1 aromatic rings. The molecule has 6 heteroatoms. The van der Waals surface area contributed by atoms with E-state index in [-0.39, 0.29) is 5.91 Å². The van der Waals surface area contributed by atoms with Gasteiger partial charge in [-0.15, -0.1) is 0 Å². The smallest absolute Gasteiger partial charge is 0.332 e. The molecular weight excluding hydrogens is 198 g/mol. The third kappa shape index (κ3) is 2.55. The Morgan fingerprint density at radius 1 is 1.67 bits per heavy atom. The van der Waals surface area contributed by atoms with Gasteiger partial charge in [-0.2, -0.15) is 0 Å². The summed E-state index contributed by atoms with van der Waals surface area (Å²) >= 11 is 0. The number of nitrogens with one attached hydrogen (secondary N) is 1. The normalized spacial score (nSPS) is 12.1. The number of imidazole rings is 1. The fourth-order valence-corrected chi connectivity index (χ4v) is 1.30. The van der Waals surface area contributed by atoms with Crippen molar-refractivity contribution < 1.29 is 14.7 Å². The van der Waals surface area contributed by atoms with Crippen LogP contribution in [-0.2, 0) is 16.1 Å². The lowest BCUT2D eigenvalue weighted by Gasteiger charge is -2.14. The quantitative estimate of drug-likeness (QED) is 0.743. The predicted molar refractivity (Wildman–Crippen MR) is 52.1 cm³/mol. The van der Waals surface area contributed by atoms with Gasteiger partial charge in [-0.05, 0) is 6.92 Å². The maximum Gasteiger partial charge on any atom is 0.332 e. The van der Waals surface area contributed by atoms with E-state index in [2.05, 4.69) is 10.3 Å². The zero-order valence-corrected chi connectivity index (χ0v) is 8.60. The van der Waals surface area contributed by atoms with E-state index in [4.69, 9.17) is 5.11 Å². The molecule has 0 fully saturated rings. The van der Waals surface area contributed by atoms with Crippen LogP contribution < -0.4 is 5.32 Å². The molecule has 0 aliphatic carbocycles. The fourth-order valence-electron chi connectivity index (χ4n) is 1.30. The molecule has 0 saturated carbocycles. The van der Waals surface area contributed by atoms with E-state index in [1.807, 2.05) is 6.92 Å². The highest BCUT2D eigenvalue weighted by molar-refractivity contribution is 5.82. The van der Waals surface area contributed by atoms with E-state index in [1.165, 1.54) is 19.4 Å². The molecule has 0 bridgehead atoms. The van der Waals surface area contributed by atoms with Crippen LogP contribution in [0.2, 0.25) is 0 Å². The number of rotatable bonds is 4. The molecule has 0 aliphatic heterocycles. The maximum atomic E-state index is 10.9. The number of carboxylic acid groups (broad SMARTS) is 1. The third-order valence-electron chi connectivity index (χ3n) is 1.98. The van der Waals surface area contributed by atoms with E-state index in [0.29, 0.717) is 12.2 Å². The van der Waals surface area contributed by atoms with Crippen molar-refractivity contribution in [2.45, 2.75) is 26.4 Å². The van der Waals surface area contributed by atoms with Gasteiger partial charge in [-0.1, -0.05) is 0 Å². The third-order valence-corrected chi connectivity index (χ3v) is 1.98. The van der Waals surface area contributed by atoms with Crippen molar-refractivity contribution >= 4 is 11.9 Å². The van der Waals surface area contributed by atoms with E-state index in [0.717, 1.165) is 0 Å². The summed E-state index contributed by atoms with van der Waals surface area (Å²) in [6.07, 6.45) is 2.98. The summed E-state index contributed by atoms with van der Waals surface area (Å²) < 4.78 is 1.68. The molecule has 1 unspecified atom stereocenters. The number of nitrogens with zero attached hydrogens (tertiary/aromatic N) is 2. The molecule has 0 aromatic carbocycles. The second kappa shape index (κ2) is 4.59. The molecule has 15 heavy (non-hydrogen) atoms. The van der Waals surface area contributed by atoms with Crippen LogP contribution in [0.3, 0.4) is 0 Å². The monoisotopic (exact) mass is 211 g/mol. The van der Waals surface area contributed by atoms with Crippen molar-refractivity contribution in [2.24, 2.45) is 0 Å². The first-order valence-electron chi connectivity index (χ1n) is 4.56. The molecule has 1 heterocycles. The standard InChI is InChI=1S/C9H13N3O3/c1-3-12-5-10-4-7(12)8(9(14)15)11-6(2)13/h4-5,8H,3H2,1-2H3,(H,11,13)(H,14,15). The van der Waals surface area contributed by atoms with Gasteiger partial charge in [-0.3, -0.25) is 4.79 Å². The van der Waals surface area contributed by atoms with E-state index < -0.39 is 12.0 Å². The van der Waals surface area contributed by atoms with Crippen LogP contribution in [0.1, 0.15) is 25.6 Å². The highest BCUT2D eigenvalue weighted by atomic mass is 16.4. The maximum absolute atomic E-state index is 10.9. The molecule has 82 valence electrons. The predicted octanol–water partition coefficient (Wildman–Crippen LogP) is 0.165. The van der Waals surface area contributed by atoms with E-state index >= 15 is 0 Å². The van der Waals surface area contributed by atoms with Crippen LogP contribution in [0.5, 0.6) is 0 Å². The average Bonchev–Trinajstić information content (AvgIpc) is 2.60. The van der Waals surface area contributed by atoms with Crippen LogP contribution in [0.4, 0.5) is 0 Å². The molecule has 0 aliphatic rings. The lowest BCUT2D eigenvalue weighted by Crippen LogP contribution is -2.33. The largest absolute Gasteiger partial charge is 0.479 e. The SMILES string of the molecule is CCn1cncc1C(NC(C)=O)C(=O)O. The van der Waals surface area contributed by atoms with Gasteiger partial charge in [0.25, 0.3) is 0 Å². The number of hydrogen-bond acceptors (Lipinski definition) is 3. The second-order valence-electron chi connectivity index (χ2n) is 3.08. The van der Waals surface area contributed by atoms with Crippen LogP contribution in [0, 0.1) is 0 Å². The van der Waals surface area contributed by atoms with Gasteiger partial charge in [0, 0.05) is 13.5 Å². The van der Waals surface area contributed by atoms with E-state index in [1.54, 1.807) is 4.57 Å². The average molecular weight is 211 g/mol. The Kier molecular flexibility index (Phi) is 3.43. The summed E-state index contributed by atoms with van der Waals surface area (Å²) in [6.45, 7) is 3.76. The Morgan fingerprint density at radius 3 is 2.80 bits per heavy atom.